The predicted molar refractivity (Wildman–Crippen MR) is 134 cm³/mol. The van der Waals surface area contributed by atoms with Crippen LogP contribution in [0.15, 0.2) is 42.5 Å². The van der Waals surface area contributed by atoms with Crippen molar-refractivity contribution in [3.63, 3.8) is 0 Å². The number of carbonyl (C=O) groups is 1. The number of benzene rings is 1. The number of likely N-dealkylation sites (tertiary alicyclic amines) is 1. The van der Waals surface area contributed by atoms with Gasteiger partial charge in [-0.3, -0.25) is 14.8 Å². The largest absolute Gasteiger partial charge is 0.481 e. The number of nitrogens with one attached hydrogen (secondary N) is 2. The Morgan fingerprint density at radius 1 is 1.29 bits per heavy atom. The van der Waals surface area contributed by atoms with Crippen LogP contribution in [0.3, 0.4) is 0 Å². The molecular formula is C27H34FN5O2. The van der Waals surface area contributed by atoms with Gasteiger partial charge in [0.15, 0.2) is 5.82 Å². The first-order valence-electron chi connectivity index (χ1n) is 12.2. The number of hydrogen-bond acceptors (Lipinski definition) is 5. The van der Waals surface area contributed by atoms with Crippen molar-refractivity contribution in [1.82, 2.24) is 20.1 Å². The zero-order valence-corrected chi connectivity index (χ0v) is 20.8. The normalized spacial score (nSPS) is 21.6. The van der Waals surface area contributed by atoms with Crippen LogP contribution >= 0.6 is 0 Å². The number of anilines is 2. The number of carboxylic acids is 1. The number of pyridine rings is 1. The van der Waals surface area contributed by atoms with Crippen molar-refractivity contribution in [2.75, 3.05) is 11.9 Å². The van der Waals surface area contributed by atoms with Crippen molar-refractivity contribution in [3.8, 4) is 0 Å². The standard InChI is InChI=1S/C27H34FN5O2/c1-5-20-15-27(26(34)35,12-13-33(20)19(4)21-9-7-6-8-17(21)2)16-23-22(28)10-11-24(29-23)30-25-14-18(3)31-32-25/h6-11,14,19-20H,5,12-13,15-16H2,1-4H3,(H,34,35)(H2,29,30,31,32)/t19-,20+,27+/m0/s1. The Hall–Kier alpha value is -3.26. The third-order valence-corrected chi connectivity index (χ3v) is 7.39. The molecule has 0 amide bonds. The highest BCUT2D eigenvalue weighted by Crippen LogP contribution is 2.42. The molecule has 2 aromatic heterocycles. The molecule has 0 bridgehead atoms. The van der Waals surface area contributed by atoms with Crippen LogP contribution in [-0.4, -0.2) is 43.7 Å². The van der Waals surface area contributed by atoms with Crippen LogP contribution in [0, 0.1) is 25.1 Å². The van der Waals surface area contributed by atoms with Gasteiger partial charge in [-0.1, -0.05) is 31.2 Å². The van der Waals surface area contributed by atoms with Crippen LogP contribution in [-0.2, 0) is 11.2 Å². The monoisotopic (exact) mass is 479 g/mol. The Morgan fingerprint density at radius 2 is 2.06 bits per heavy atom. The quantitative estimate of drug-likeness (QED) is 0.392. The number of nitrogens with zero attached hydrogens (tertiary/aromatic N) is 3. The molecular weight excluding hydrogens is 445 g/mol. The number of aromatic nitrogens is 3. The van der Waals surface area contributed by atoms with Gasteiger partial charge in [-0.25, -0.2) is 9.37 Å². The molecule has 0 saturated carbocycles. The van der Waals surface area contributed by atoms with Gasteiger partial charge in [-0.05, 0) is 63.3 Å². The Bertz CT molecular complexity index is 1200. The smallest absolute Gasteiger partial charge is 0.310 e. The Kier molecular flexibility index (Phi) is 7.21. The van der Waals surface area contributed by atoms with E-state index in [4.69, 9.17) is 0 Å². The van der Waals surface area contributed by atoms with Gasteiger partial charge in [0.25, 0.3) is 0 Å². The summed E-state index contributed by atoms with van der Waals surface area (Å²) in [5.74, 6) is -0.365. The van der Waals surface area contributed by atoms with Crippen molar-refractivity contribution in [1.29, 1.82) is 0 Å². The summed E-state index contributed by atoms with van der Waals surface area (Å²) in [6.07, 6.45) is 1.76. The van der Waals surface area contributed by atoms with E-state index in [0.29, 0.717) is 31.0 Å². The SMILES string of the molecule is CC[C@@H]1C[C@](Cc2nc(Nc3cc(C)[nH]n3)ccc2F)(C(=O)O)CCN1[C@@H](C)c1ccccc1C. The van der Waals surface area contributed by atoms with Crippen molar-refractivity contribution in [2.24, 2.45) is 5.41 Å². The molecule has 7 nitrogen and oxygen atoms in total. The lowest BCUT2D eigenvalue weighted by Crippen LogP contribution is -2.51. The summed E-state index contributed by atoms with van der Waals surface area (Å²) in [4.78, 5) is 19.5. The highest BCUT2D eigenvalue weighted by Gasteiger charge is 2.47. The molecule has 0 radical (unpaired) electrons. The topological polar surface area (TPSA) is 94.1 Å². The van der Waals surface area contributed by atoms with E-state index in [9.17, 15) is 14.3 Å². The van der Waals surface area contributed by atoms with Gasteiger partial charge in [-0.15, -0.1) is 0 Å². The molecule has 1 aliphatic rings. The van der Waals surface area contributed by atoms with E-state index in [2.05, 4.69) is 58.3 Å². The van der Waals surface area contributed by atoms with Crippen molar-refractivity contribution >= 4 is 17.6 Å². The highest BCUT2D eigenvalue weighted by atomic mass is 19.1. The zero-order chi connectivity index (χ0) is 25.2. The van der Waals surface area contributed by atoms with Crippen LogP contribution in [0.25, 0.3) is 0 Å². The maximum absolute atomic E-state index is 14.8. The lowest BCUT2D eigenvalue weighted by atomic mass is 9.71. The summed E-state index contributed by atoms with van der Waals surface area (Å²) in [6.45, 7) is 8.90. The molecule has 35 heavy (non-hydrogen) atoms. The van der Waals surface area contributed by atoms with Gasteiger partial charge in [0, 0.05) is 36.8 Å². The van der Waals surface area contributed by atoms with E-state index in [1.807, 2.05) is 25.1 Å². The molecule has 1 saturated heterocycles. The minimum absolute atomic E-state index is 0.0480. The molecule has 186 valence electrons. The molecule has 1 aliphatic heterocycles. The maximum Gasteiger partial charge on any atom is 0.310 e. The van der Waals surface area contributed by atoms with Crippen molar-refractivity contribution in [3.05, 3.63) is 70.8 Å². The van der Waals surface area contributed by atoms with Gasteiger partial charge in [-0.2, -0.15) is 5.10 Å². The average Bonchev–Trinajstić information content (AvgIpc) is 3.25. The third kappa shape index (κ3) is 5.22. The van der Waals surface area contributed by atoms with E-state index in [1.54, 1.807) is 0 Å². The fraction of sp³-hybridized carbons (Fsp3) is 0.444. The Balaban J connectivity index is 1.57. The molecule has 1 aromatic carbocycles. The van der Waals surface area contributed by atoms with Gasteiger partial charge >= 0.3 is 5.97 Å². The lowest BCUT2D eigenvalue weighted by molar-refractivity contribution is -0.154. The van der Waals surface area contributed by atoms with E-state index < -0.39 is 17.2 Å². The van der Waals surface area contributed by atoms with E-state index in [1.165, 1.54) is 23.3 Å². The van der Waals surface area contributed by atoms with Gasteiger partial charge < -0.3 is 10.4 Å². The first-order chi connectivity index (χ1) is 16.7. The molecule has 0 spiro atoms. The summed E-state index contributed by atoms with van der Waals surface area (Å²) in [6, 6.07) is 13.3. The zero-order valence-electron chi connectivity index (χ0n) is 20.8. The van der Waals surface area contributed by atoms with E-state index in [-0.39, 0.29) is 24.2 Å². The molecule has 1 fully saturated rings. The fourth-order valence-corrected chi connectivity index (χ4v) is 5.36. The van der Waals surface area contributed by atoms with Crippen LogP contribution in [0.2, 0.25) is 0 Å². The number of aliphatic carboxylic acids is 1. The summed E-state index contributed by atoms with van der Waals surface area (Å²) < 4.78 is 14.8. The summed E-state index contributed by atoms with van der Waals surface area (Å²) in [5.41, 5.74) is 2.47. The molecule has 3 N–H and O–H groups in total. The fourth-order valence-electron chi connectivity index (χ4n) is 5.36. The third-order valence-electron chi connectivity index (χ3n) is 7.39. The number of aromatic amines is 1. The first kappa shape index (κ1) is 24.9. The van der Waals surface area contributed by atoms with Crippen molar-refractivity contribution < 1.29 is 14.3 Å². The number of hydrogen-bond donors (Lipinski definition) is 3. The highest BCUT2D eigenvalue weighted by molar-refractivity contribution is 5.75. The molecule has 0 aliphatic carbocycles. The minimum Gasteiger partial charge on any atom is -0.481 e. The van der Waals surface area contributed by atoms with E-state index in [0.717, 1.165) is 12.1 Å². The molecule has 8 heteroatoms. The molecule has 3 atom stereocenters. The van der Waals surface area contributed by atoms with Gasteiger partial charge in [0.1, 0.15) is 11.6 Å². The number of H-pyrrole nitrogens is 1. The summed E-state index contributed by atoms with van der Waals surface area (Å²) >= 11 is 0. The number of rotatable bonds is 8. The number of halogens is 1. The Labute approximate surface area is 205 Å². The van der Waals surface area contributed by atoms with Gasteiger partial charge in [0.05, 0.1) is 11.1 Å². The minimum atomic E-state index is -1.07. The van der Waals surface area contributed by atoms with Crippen LogP contribution in [0.5, 0.6) is 0 Å². The molecule has 3 aromatic rings. The second kappa shape index (κ2) is 10.2. The summed E-state index contributed by atoms with van der Waals surface area (Å²) in [5, 5.41) is 20.4. The number of carboxylic acid groups (broad SMARTS) is 1. The predicted octanol–water partition coefficient (Wildman–Crippen LogP) is 5.55. The molecule has 0 unspecified atom stereocenters. The second-order valence-electron chi connectivity index (χ2n) is 9.74. The van der Waals surface area contributed by atoms with Crippen molar-refractivity contribution in [2.45, 2.75) is 65.5 Å². The van der Waals surface area contributed by atoms with Crippen LogP contribution < -0.4 is 5.32 Å². The number of aryl methyl sites for hydroxylation is 2. The van der Waals surface area contributed by atoms with Crippen LogP contribution in [0.4, 0.5) is 16.0 Å². The van der Waals surface area contributed by atoms with E-state index >= 15 is 0 Å². The maximum atomic E-state index is 14.8. The number of piperidine rings is 1. The lowest BCUT2D eigenvalue weighted by Gasteiger charge is -2.47. The molecule has 3 heterocycles. The van der Waals surface area contributed by atoms with Gasteiger partial charge in [0.2, 0.25) is 0 Å². The first-order valence-corrected chi connectivity index (χ1v) is 12.2. The Morgan fingerprint density at radius 3 is 2.71 bits per heavy atom. The summed E-state index contributed by atoms with van der Waals surface area (Å²) in [7, 11) is 0. The average molecular weight is 480 g/mol. The second-order valence-corrected chi connectivity index (χ2v) is 9.74. The van der Waals surface area contributed by atoms with Crippen LogP contribution in [0.1, 0.15) is 61.7 Å². The molecule has 4 rings (SSSR count).